The molecule has 0 bridgehead atoms. The van der Waals surface area contributed by atoms with Crippen LogP contribution in [0.2, 0.25) is 5.02 Å². The second kappa shape index (κ2) is 5.02. The largest absolute Gasteiger partial charge is 0.283 e. The molecule has 1 aromatic heterocycles. The van der Waals surface area contributed by atoms with Crippen LogP contribution >= 0.6 is 11.6 Å². The molecular weight excluding hydrogens is 272 g/mol. The van der Waals surface area contributed by atoms with E-state index in [1.165, 1.54) is 0 Å². The van der Waals surface area contributed by atoms with Gasteiger partial charge in [-0.2, -0.15) is 0 Å². The zero-order chi connectivity index (χ0) is 14.1. The van der Waals surface area contributed by atoms with E-state index < -0.39 is 0 Å². The van der Waals surface area contributed by atoms with E-state index in [0.717, 1.165) is 16.8 Å². The topological polar surface area (TPSA) is 37.8 Å². The first-order valence-electron chi connectivity index (χ1n) is 6.30. The Morgan fingerprint density at radius 3 is 2.30 bits per heavy atom. The van der Waals surface area contributed by atoms with Gasteiger partial charge >= 0.3 is 0 Å². The van der Waals surface area contributed by atoms with E-state index in [4.69, 9.17) is 11.6 Å². The zero-order valence-electron chi connectivity index (χ0n) is 10.9. The average Bonchev–Trinajstić information content (AvgIpc) is 2.77. The first kappa shape index (κ1) is 12.8. The molecule has 0 saturated heterocycles. The Labute approximate surface area is 121 Å². The second-order valence-electron chi connectivity index (χ2n) is 4.64. The third-order valence-corrected chi connectivity index (χ3v) is 3.53. The predicted octanol–water partition coefficient (Wildman–Crippen LogP) is 3.79. The van der Waals surface area contributed by atoms with Gasteiger partial charge in [0.15, 0.2) is 0 Å². The minimum Gasteiger partial charge on any atom is -0.266 e. The summed E-state index contributed by atoms with van der Waals surface area (Å²) in [4.78, 5) is 11.9. The third-order valence-electron chi connectivity index (χ3n) is 3.18. The standard InChI is InChI=1S/C16H13ClN2O/c1-11-7-9-12(10-8-11)15-14(17)16(20)18-19(15)13-5-3-2-4-6-13/h2-10H,1H3,(H,18,20). The SMILES string of the molecule is Cc1ccc(-c2c(Cl)c(=O)[nH]n2-c2ccccc2)cc1. The van der Waals surface area contributed by atoms with Gasteiger partial charge in [0.05, 0.1) is 11.4 Å². The number of nitrogens with one attached hydrogen (secondary N) is 1. The van der Waals surface area contributed by atoms with Gasteiger partial charge in [-0.05, 0) is 19.1 Å². The lowest BCUT2D eigenvalue weighted by Crippen LogP contribution is -2.04. The first-order chi connectivity index (χ1) is 9.66. The number of hydrogen-bond acceptors (Lipinski definition) is 1. The molecule has 0 aliphatic rings. The summed E-state index contributed by atoms with van der Waals surface area (Å²) in [6.07, 6.45) is 0. The molecule has 0 amide bonds. The molecule has 0 fully saturated rings. The summed E-state index contributed by atoms with van der Waals surface area (Å²) >= 11 is 6.17. The first-order valence-corrected chi connectivity index (χ1v) is 6.67. The lowest BCUT2D eigenvalue weighted by atomic mass is 10.1. The Morgan fingerprint density at radius 1 is 1.00 bits per heavy atom. The molecule has 20 heavy (non-hydrogen) atoms. The average molecular weight is 285 g/mol. The predicted molar refractivity (Wildman–Crippen MR) is 81.6 cm³/mol. The highest BCUT2D eigenvalue weighted by atomic mass is 35.5. The summed E-state index contributed by atoms with van der Waals surface area (Å²) < 4.78 is 1.72. The van der Waals surface area contributed by atoms with Crippen LogP contribution in [0.25, 0.3) is 16.9 Å². The highest BCUT2D eigenvalue weighted by molar-refractivity contribution is 6.33. The molecule has 0 aliphatic heterocycles. The van der Waals surface area contributed by atoms with Crippen LogP contribution in [-0.2, 0) is 0 Å². The number of para-hydroxylation sites is 1. The minimum absolute atomic E-state index is 0.206. The molecule has 3 aromatic rings. The van der Waals surface area contributed by atoms with Gasteiger partial charge in [0, 0.05) is 5.56 Å². The highest BCUT2D eigenvalue weighted by Gasteiger charge is 2.15. The van der Waals surface area contributed by atoms with Gasteiger partial charge in [0.1, 0.15) is 5.02 Å². The molecule has 3 rings (SSSR count). The van der Waals surface area contributed by atoms with Crippen LogP contribution in [0.5, 0.6) is 0 Å². The smallest absolute Gasteiger partial charge is 0.266 e. The maximum absolute atomic E-state index is 11.9. The van der Waals surface area contributed by atoms with Crippen molar-refractivity contribution < 1.29 is 0 Å². The van der Waals surface area contributed by atoms with E-state index in [0.29, 0.717) is 5.69 Å². The molecule has 4 heteroatoms. The Balaban J connectivity index is 2.25. The van der Waals surface area contributed by atoms with Gasteiger partial charge < -0.3 is 0 Å². The molecule has 1 N–H and O–H groups in total. The Bertz CT molecular complexity index is 786. The van der Waals surface area contributed by atoms with Gasteiger partial charge in [-0.1, -0.05) is 59.6 Å². The fourth-order valence-electron chi connectivity index (χ4n) is 2.15. The van der Waals surface area contributed by atoms with E-state index in [1.54, 1.807) is 4.68 Å². The van der Waals surface area contributed by atoms with Crippen molar-refractivity contribution in [1.82, 2.24) is 9.78 Å². The Kier molecular flexibility index (Phi) is 3.20. The van der Waals surface area contributed by atoms with Crippen LogP contribution in [0.15, 0.2) is 59.4 Å². The van der Waals surface area contributed by atoms with Crippen molar-refractivity contribution in [3.05, 3.63) is 75.5 Å². The summed E-state index contributed by atoms with van der Waals surface area (Å²) in [7, 11) is 0. The molecule has 0 spiro atoms. The fourth-order valence-corrected chi connectivity index (χ4v) is 2.39. The monoisotopic (exact) mass is 284 g/mol. The molecule has 0 radical (unpaired) electrons. The number of hydrogen-bond donors (Lipinski definition) is 1. The number of halogens is 1. The van der Waals surface area contributed by atoms with E-state index in [1.807, 2.05) is 61.5 Å². The molecule has 0 unspecified atom stereocenters. The summed E-state index contributed by atoms with van der Waals surface area (Å²) in [5, 5.41) is 2.98. The Morgan fingerprint density at radius 2 is 1.65 bits per heavy atom. The van der Waals surface area contributed by atoms with Crippen molar-refractivity contribution in [3.63, 3.8) is 0 Å². The molecule has 3 nitrogen and oxygen atoms in total. The third kappa shape index (κ3) is 2.17. The number of nitrogens with zero attached hydrogens (tertiary/aromatic N) is 1. The normalized spacial score (nSPS) is 10.7. The van der Waals surface area contributed by atoms with Crippen LogP contribution in [-0.4, -0.2) is 9.78 Å². The van der Waals surface area contributed by atoms with Crippen LogP contribution in [0.1, 0.15) is 5.56 Å². The molecule has 2 aromatic carbocycles. The zero-order valence-corrected chi connectivity index (χ0v) is 11.7. The summed E-state index contributed by atoms with van der Waals surface area (Å²) in [6, 6.07) is 17.5. The molecule has 100 valence electrons. The minimum atomic E-state index is -0.286. The van der Waals surface area contributed by atoms with Gasteiger partial charge in [-0.25, -0.2) is 0 Å². The van der Waals surface area contributed by atoms with Crippen molar-refractivity contribution in [2.45, 2.75) is 6.92 Å². The van der Waals surface area contributed by atoms with Crippen molar-refractivity contribution in [1.29, 1.82) is 0 Å². The fraction of sp³-hybridized carbons (Fsp3) is 0.0625. The second-order valence-corrected chi connectivity index (χ2v) is 5.02. The van der Waals surface area contributed by atoms with E-state index >= 15 is 0 Å². The maximum Gasteiger partial charge on any atom is 0.283 e. The number of aryl methyl sites for hydroxylation is 1. The lowest BCUT2D eigenvalue weighted by molar-refractivity contribution is 0.871. The van der Waals surface area contributed by atoms with Crippen molar-refractivity contribution in [3.8, 4) is 16.9 Å². The summed E-state index contributed by atoms with van der Waals surface area (Å²) in [6.45, 7) is 2.02. The lowest BCUT2D eigenvalue weighted by Gasteiger charge is -2.09. The molecular formula is C16H13ClN2O. The van der Waals surface area contributed by atoms with Gasteiger partial charge in [0.25, 0.3) is 5.56 Å². The van der Waals surface area contributed by atoms with Gasteiger partial charge in [-0.3, -0.25) is 14.6 Å². The number of aromatic nitrogens is 2. The summed E-state index contributed by atoms with van der Waals surface area (Å²) in [5.41, 5.74) is 3.33. The number of aromatic amines is 1. The summed E-state index contributed by atoms with van der Waals surface area (Å²) in [5.74, 6) is 0. The van der Waals surface area contributed by atoms with Crippen LogP contribution in [0.3, 0.4) is 0 Å². The molecule has 0 aliphatic carbocycles. The maximum atomic E-state index is 11.9. The molecule has 0 saturated carbocycles. The van der Waals surface area contributed by atoms with Gasteiger partial charge in [0.2, 0.25) is 0 Å². The molecule has 0 atom stereocenters. The quantitative estimate of drug-likeness (QED) is 0.764. The number of rotatable bonds is 2. The van der Waals surface area contributed by atoms with Crippen LogP contribution < -0.4 is 5.56 Å². The van der Waals surface area contributed by atoms with Crippen molar-refractivity contribution >= 4 is 11.6 Å². The van der Waals surface area contributed by atoms with Crippen LogP contribution in [0.4, 0.5) is 0 Å². The van der Waals surface area contributed by atoms with E-state index in [2.05, 4.69) is 5.10 Å². The van der Waals surface area contributed by atoms with E-state index in [-0.39, 0.29) is 10.6 Å². The van der Waals surface area contributed by atoms with E-state index in [9.17, 15) is 4.79 Å². The number of benzene rings is 2. The molecule has 1 heterocycles. The van der Waals surface area contributed by atoms with Crippen molar-refractivity contribution in [2.75, 3.05) is 0 Å². The Hall–Kier alpha value is -2.26. The van der Waals surface area contributed by atoms with Crippen LogP contribution in [0, 0.1) is 6.92 Å². The number of H-pyrrole nitrogens is 1. The highest BCUT2D eigenvalue weighted by Crippen LogP contribution is 2.27. The van der Waals surface area contributed by atoms with Gasteiger partial charge in [-0.15, -0.1) is 0 Å². The van der Waals surface area contributed by atoms with Crippen molar-refractivity contribution in [2.24, 2.45) is 0 Å².